The summed E-state index contributed by atoms with van der Waals surface area (Å²) in [7, 11) is 2.13. The topological polar surface area (TPSA) is 81.8 Å². The first-order valence-electron chi connectivity index (χ1n) is 9.67. The van der Waals surface area contributed by atoms with Crippen LogP contribution in [0.15, 0.2) is 18.2 Å². The lowest BCUT2D eigenvalue weighted by Gasteiger charge is -2.29. The van der Waals surface area contributed by atoms with Crippen LogP contribution < -0.4 is 10.6 Å². The van der Waals surface area contributed by atoms with Crippen molar-refractivity contribution in [2.45, 2.75) is 38.4 Å². The van der Waals surface area contributed by atoms with E-state index in [9.17, 15) is 14.4 Å². The highest BCUT2D eigenvalue weighted by Gasteiger charge is 2.39. The molecule has 0 aromatic heterocycles. The number of nitrogens with one attached hydrogen (secondary N) is 2. The van der Waals surface area contributed by atoms with Gasteiger partial charge in [0.05, 0.1) is 0 Å². The van der Waals surface area contributed by atoms with Crippen LogP contribution in [0.5, 0.6) is 0 Å². The molecule has 4 rings (SSSR count). The van der Waals surface area contributed by atoms with Crippen LogP contribution in [0.25, 0.3) is 0 Å². The van der Waals surface area contributed by atoms with Gasteiger partial charge < -0.3 is 15.1 Å². The van der Waals surface area contributed by atoms with E-state index in [1.165, 1.54) is 12.0 Å². The van der Waals surface area contributed by atoms with Crippen molar-refractivity contribution in [3.8, 4) is 0 Å². The van der Waals surface area contributed by atoms with Gasteiger partial charge in [0.25, 0.3) is 5.91 Å². The van der Waals surface area contributed by atoms with Crippen molar-refractivity contribution >= 4 is 17.7 Å². The highest BCUT2D eigenvalue weighted by atomic mass is 16.2. The van der Waals surface area contributed by atoms with Gasteiger partial charge in [-0.15, -0.1) is 0 Å². The Balaban J connectivity index is 1.42. The molecule has 2 N–H and O–H groups in total. The van der Waals surface area contributed by atoms with Crippen LogP contribution in [-0.4, -0.2) is 60.2 Å². The van der Waals surface area contributed by atoms with Gasteiger partial charge in [0.1, 0.15) is 6.04 Å². The molecular weight excluding hydrogens is 344 g/mol. The molecule has 0 aliphatic carbocycles. The Hall–Kier alpha value is -2.25. The number of piperidine rings is 1. The number of rotatable bonds is 5. The Morgan fingerprint density at radius 1 is 1.22 bits per heavy atom. The fourth-order valence-corrected chi connectivity index (χ4v) is 4.41. The van der Waals surface area contributed by atoms with Crippen LogP contribution in [-0.2, 0) is 22.7 Å². The maximum absolute atomic E-state index is 12.7. The fourth-order valence-electron chi connectivity index (χ4n) is 4.41. The molecule has 1 unspecified atom stereocenters. The van der Waals surface area contributed by atoms with Gasteiger partial charge in [-0.1, -0.05) is 12.1 Å². The predicted molar refractivity (Wildman–Crippen MR) is 99.8 cm³/mol. The number of amides is 3. The second-order valence-electron chi connectivity index (χ2n) is 7.95. The molecule has 3 aliphatic rings. The first-order chi connectivity index (χ1) is 13.0. The molecule has 144 valence electrons. The van der Waals surface area contributed by atoms with Crippen molar-refractivity contribution in [3.05, 3.63) is 34.9 Å². The SMILES string of the molecule is CN(Cc1ccc2c(c1)CN(C1CCC(=O)NC1=O)C2=O)C[C@H]1CCNC1. The van der Waals surface area contributed by atoms with Crippen molar-refractivity contribution < 1.29 is 14.4 Å². The van der Waals surface area contributed by atoms with Gasteiger partial charge in [0.15, 0.2) is 0 Å². The van der Waals surface area contributed by atoms with E-state index < -0.39 is 6.04 Å². The van der Waals surface area contributed by atoms with Gasteiger partial charge in [-0.3, -0.25) is 19.7 Å². The highest BCUT2D eigenvalue weighted by Crippen LogP contribution is 2.28. The quantitative estimate of drug-likeness (QED) is 0.738. The van der Waals surface area contributed by atoms with Gasteiger partial charge in [-0.2, -0.15) is 0 Å². The third-order valence-corrected chi connectivity index (χ3v) is 5.77. The van der Waals surface area contributed by atoms with Crippen molar-refractivity contribution in [2.24, 2.45) is 5.92 Å². The van der Waals surface area contributed by atoms with Crippen LogP contribution >= 0.6 is 0 Å². The summed E-state index contributed by atoms with van der Waals surface area (Å²) in [5.41, 5.74) is 2.82. The smallest absolute Gasteiger partial charge is 0.255 e. The highest BCUT2D eigenvalue weighted by molar-refractivity contribution is 6.05. The van der Waals surface area contributed by atoms with E-state index in [1.54, 1.807) is 4.90 Å². The molecule has 0 radical (unpaired) electrons. The number of benzene rings is 1. The summed E-state index contributed by atoms with van der Waals surface area (Å²) in [6.45, 7) is 4.53. The lowest BCUT2D eigenvalue weighted by Crippen LogP contribution is -2.52. The summed E-state index contributed by atoms with van der Waals surface area (Å²) in [6.07, 6.45) is 1.90. The number of nitrogens with zero attached hydrogens (tertiary/aromatic N) is 2. The van der Waals surface area contributed by atoms with Crippen LogP contribution in [0.3, 0.4) is 0 Å². The molecule has 3 heterocycles. The van der Waals surface area contributed by atoms with Gasteiger partial charge in [-0.05, 0) is 56.1 Å². The summed E-state index contributed by atoms with van der Waals surface area (Å²) in [4.78, 5) is 40.1. The molecular formula is C20H26N4O3. The lowest BCUT2D eigenvalue weighted by atomic mass is 10.0. The monoisotopic (exact) mass is 370 g/mol. The van der Waals surface area contributed by atoms with Gasteiger partial charge in [0.2, 0.25) is 11.8 Å². The number of hydrogen-bond donors (Lipinski definition) is 2. The first-order valence-corrected chi connectivity index (χ1v) is 9.67. The average Bonchev–Trinajstić information content (AvgIpc) is 3.23. The number of hydrogen-bond acceptors (Lipinski definition) is 5. The van der Waals surface area contributed by atoms with Gasteiger partial charge >= 0.3 is 0 Å². The van der Waals surface area contributed by atoms with E-state index in [-0.39, 0.29) is 24.1 Å². The molecule has 2 fully saturated rings. The molecule has 27 heavy (non-hydrogen) atoms. The molecule has 0 saturated carbocycles. The van der Waals surface area contributed by atoms with E-state index in [0.29, 0.717) is 24.4 Å². The van der Waals surface area contributed by atoms with Crippen molar-refractivity contribution in [3.63, 3.8) is 0 Å². The number of carbonyl (C=O) groups is 3. The zero-order chi connectivity index (χ0) is 19.0. The number of carbonyl (C=O) groups excluding carboxylic acids is 3. The van der Waals surface area contributed by atoms with E-state index in [0.717, 1.165) is 31.7 Å². The van der Waals surface area contributed by atoms with Crippen LogP contribution in [0, 0.1) is 5.92 Å². The fraction of sp³-hybridized carbons (Fsp3) is 0.550. The second kappa shape index (κ2) is 7.40. The Labute approximate surface area is 159 Å². The summed E-state index contributed by atoms with van der Waals surface area (Å²) >= 11 is 0. The molecule has 2 atom stereocenters. The molecule has 7 heteroatoms. The van der Waals surface area contributed by atoms with Crippen molar-refractivity contribution in [1.29, 1.82) is 0 Å². The molecule has 0 bridgehead atoms. The van der Waals surface area contributed by atoms with E-state index in [1.807, 2.05) is 12.1 Å². The first kappa shape index (κ1) is 18.1. The molecule has 3 aliphatic heterocycles. The van der Waals surface area contributed by atoms with Crippen molar-refractivity contribution in [1.82, 2.24) is 20.4 Å². The predicted octanol–water partition coefficient (Wildman–Crippen LogP) is 0.489. The average molecular weight is 370 g/mol. The number of fused-ring (bicyclic) bond motifs is 1. The lowest BCUT2D eigenvalue weighted by molar-refractivity contribution is -0.136. The summed E-state index contributed by atoms with van der Waals surface area (Å²) in [5.74, 6) is -0.0359. The largest absolute Gasteiger partial charge is 0.322 e. The third kappa shape index (κ3) is 3.75. The van der Waals surface area contributed by atoms with Crippen LogP contribution in [0.2, 0.25) is 0 Å². The standard InChI is InChI=1S/C20H26N4O3/c1-23(11-14-6-7-21-9-14)10-13-2-3-16-15(8-13)12-24(20(16)27)17-4-5-18(25)22-19(17)26/h2-3,8,14,17,21H,4-7,9-12H2,1H3,(H,22,25,26)/t14-,17?/m0/s1. The Bertz CT molecular complexity index is 772. The minimum absolute atomic E-state index is 0.114. The van der Waals surface area contributed by atoms with Crippen LogP contribution in [0.1, 0.15) is 40.7 Å². The Morgan fingerprint density at radius 3 is 2.81 bits per heavy atom. The maximum Gasteiger partial charge on any atom is 0.255 e. The normalized spacial score (nSPS) is 25.3. The Morgan fingerprint density at radius 2 is 2.07 bits per heavy atom. The third-order valence-electron chi connectivity index (χ3n) is 5.77. The summed E-state index contributed by atoms with van der Waals surface area (Å²) < 4.78 is 0. The molecule has 1 aromatic carbocycles. The van der Waals surface area contributed by atoms with E-state index >= 15 is 0 Å². The summed E-state index contributed by atoms with van der Waals surface area (Å²) in [6, 6.07) is 5.42. The molecule has 1 aromatic rings. The number of imide groups is 1. The van der Waals surface area contributed by atoms with Gasteiger partial charge in [0, 0.05) is 31.6 Å². The molecule has 0 spiro atoms. The van der Waals surface area contributed by atoms with E-state index in [2.05, 4.69) is 28.6 Å². The summed E-state index contributed by atoms with van der Waals surface area (Å²) in [5, 5.41) is 5.74. The van der Waals surface area contributed by atoms with E-state index in [4.69, 9.17) is 0 Å². The minimum atomic E-state index is -0.552. The zero-order valence-electron chi connectivity index (χ0n) is 15.7. The molecule has 7 nitrogen and oxygen atoms in total. The maximum atomic E-state index is 12.7. The Kier molecular flexibility index (Phi) is 4.97. The molecule has 2 saturated heterocycles. The second-order valence-corrected chi connectivity index (χ2v) is 7.95. The minimum Gasteiger partial charge on any atom is -0.322 e. The van der Waals surface area contributed by atoms with Crippen molar-refractivity contribution in [2.75, 3.05) is 26.7 Å². The van der Waals surface area contributed by atoms with Crippen LogP contribution in [0.4, 0.5) is 0 Å². The zero-order valence-corrected chi connectivity index (χ0v) is 15.7. The molecule has 3 amide bonds. The van der Waals surface area contributed by atoms with Gasteiger partial charge in [-0.25, -0.2) is 0 Å².